The molecule has 5 nitrogen and oxygen atoms in total. The smallest absolute Gasteiger partial charge is 0.336 e. The summed E-state index contributed by atoms with van der Waals surface area (Å²) < 4.78 is 23.4. The van der Waals surface area contributed by atoms with E-state index in [1.54, 1.807) is 6.07 Å². The Kier molecular flexibility index (Phi) is 5.08. The van der Waals surface area contributed by atoms with Gasteiger partial charge in [-0.05, 0) is 17.7 Å². The summed E-state index contributed by atoms with van der Waals surface area (Å²) in [5.41, 5.74) is -0.00745. The minimum absolute atomic E-state index is 0.115. The lowest BCUT2D eigenvalue weighted by Gasteiger charge is -2.10. The molecule has 0 amide bonds. The van der Waals surface area contributed by atoms with E-state index in [9.17, 15) is 9.18 Å². The van der Waals surface area contributed by atoms with Crippen molar-refractivity contribution in [1.29, 1.82) is 5.26 Å². The third-order valence-corrected chi connectivity index (χ3v) is 2.20. The maximum atomic E-state index is 13.6. The second-order valence-electron chi connectivity index (χ2n) is 3.42. The number of benzene rings is 1. The Morgan fingerprint density at radius 1 is 1.50 bits per heavy atom. The average molecular weight is 253 g/mol. The van der Waals surface area contributed by atoms with Gasteiger partial charge in [-0.25, -0.2) is 9.18 Å². The van der Waals surface area contributed by atoms with E-state index in [4.69, 9.17) is 19.8 Å². The summed E-state index contributed by atoms with van der Waals surface area (Å²) in [5, 5.41) is 17.5. The molecule has 0 spiro atoms. The fraction of sp³-hybridized carbons (Fsp3) is 0.333. The molecule has 0 saturated heterocycles. The number of methoxy groups -OCH3 is 1. The highest BCUT2D eigenvalue weighted by atomic mass is 19.1. The molecular formula is C12H12FNO4. The van der Waals surface area contributed by atoms with Gasteiger partial charge in [-0.2, -0.15) is 5.26 Å². The van der Waals surface area contributed by atoms with Gasteiger partial charge in [-0.3, -0.25) is 0 Å². The Balaban J connectivity index is 3.03. The van der Waals surface area contributed by atoms with Crippen LogP contribution < -0.4 is 4.74 Å². The Hall–Kier alpha value is -2.13. The molecule has 0 saturated carbocycles. The number of carbonyl (C=O) groups is 1. The molecule has 0 heterocycles. The number of aromatic carboxylic acids is 1. The number of hydrogen-bond acceptors (Lipinski definition) is 4. The fourth-order valence-corrected chi connectivity index (χ4v) is 1.37. The molecular weight excluding hydrogens is 241 g/mol. The van der Waals surface area contributed by atoms with Crippen LogP contribution in [0.25, 0.3) is 0 Å². The first-order valence-corrected chi connectivity index (χ1v) is 5.14. The highest BCUT2D eigenvalue weighted by molar-refractivity contribution is 5.90. The quantitative estimate of drug-likeness (QED) is 0.779. The Bertz CT molecular complexity index is 482. The van der Waals surface area contributed by atoms with Crippen molar-refractivity contribution in [1.82, 2.24) is 0 Å². The molecule has 0 unspecified atom stereocenters. The predicted molar refractivity (Wildman–Crippen MR) is 60.0 cm³/mol. The third kappa shape index (κ3) is 3.43. The topological polar surface area (TPSA) is 79.6 Å². The number of rotatable bonds is 6. The molecule has 1 rings (SSSR count). The average Bonchev–Trinajstić information content (AvgIpc) is 2.32. The SMILES string of the molecule is COCCOc1cc(C(=O)O)c(CC#N)cc1F. The highest BCUT2D eigenvalue weighted by Crippen LogP contribution is 2.23. The lowest BCUT2D eigenvalue weighted by Crippen LogP contribution is -2.08. The van der Waals surface area contributed by atoms with Crippen LogP contribution in [0.1, 0.15) is 15.9 Å². The fourth-order valence-electron chi connectivity index (χ4n) is 1.37. The van der Waals surface area contributed by atoms with Crippen molar-refractivity contribution in [3.8, 4) is 11.8 Å². The van der Waals surface area contributed by atoms with Gasteiger partial charge in [0.1, 0.15) is 6.61 Å². The van der Waals surface area contributed by atoms with E-state index < -0.39 is 11.8 Å². The number of nitrogens with zero attached hydrogens (tertiary/aromatic N) is 1. The minimum Gasteiger partial charge on any atom is -0.488 e. The third-order valence-electron chi connectivity index (χ3n) is 2.20. The van der Waals surface area contributed by atoms with Gasteiger partial charge in [0.25, 0.3) is 0 Å². The van der Waals surface area contributed by atoms with E-state index in [-0.39, 0.29) is 36.5 Å². The van der Waals surface area contributed by atoms with Gasteiger partial charge in [0.05, 0.1) is 24.7 Å². The van der Waals surface area contributed by atoms with Gasteiger partial charge in [0.2, 0.25) is 0 Å². The molecule has 6 heteroatoms. The van der Waals surface area contributed by atoms with Gasteiger partial charge in [-0.1, -0.05) is 0 Å². The van der Waals surface area contributed by atoms with E-state index in [0.717, 1.165) is 12.1 Å². The second kappa shape index (κ2) is 6.57. The van der Waals surface area contributed by atoms with Crippen LogP contribution in [0.4, 0.5) is 4.39 Å². The van der Waals surface area contributed by atoms with Crippen LogP contribution in [-0.2, 0) is 11.2 Å². The van der Waals surface area contributed by atoms with E-state index in [2.05, 4.69) is 0 Å². The van der Waals surface area contributed by atoms with Crippen LogP contribution in [0.15, 0.2) is 12.1 Å². The van der Waals surface area contributed by atoms with Gasteiger partial charge in [0, 0.05) is 7.11 Å². The van der Waals surface area contributed by atoms with Crippen LogP contribution in [0.3, 0.4) is 0 Å². The largest absolute Gasteiger partial charge is 0.488 e. The highest BCUT2D eigenvalue weighted by Gasteiger charge is 2.15. The summed E-state index contributed by atoms with van der Waals surface area (Å²) in [5.74, 6) is -2.08. The Morgan fingerprint density at radius 3 is 2.78 bits per heavy atom. The van der Waals surface area contributed by atoms with E-state index >= 15 is 0 Å². The molecule has 0 aromatic heterocycles. The van der Waals surface area contributed by atoms with E-state index in [1.165, 1.54) is 7.11 Å². The summed E-state index contributed by atoms with van der Waals surface area (Å²) >= 11 is 0. The van der Waals surface area contributed by atoms with E-state index in [1.807, 2.05) is 0 Å². The zero-order valence-corrected chi connectivity index (χ0v) is 9.77. The monoisotopic (exact) mass is 253 g/mol. The van der Waals surface area contributed by atoms with Crippen molar-refractivity contribution in [2.24, 2.45) is 0 Å². The number of ether oxygens (including phenoxy) is 2. The Labute approximate surface area is 103 Å². The number of nitriles is 1. The minimum atomic E-state index is -1.23. The normalized spacial score (nSPS) is 9.83. The first kappa shape index (κ1) is 13.9. The van der Waals surface area contributed by atoms with Crippen molar-refractivity contribution in [3.05, 3.63) is 29.1 Å². The van der Waals surface area contributed by atoms with Crippen LogP contribution in [0, 0.1) is 17.1 Å². The lowest BCUT2D eigenvalue weighted by molar-refractivity contribution is 0.0695. The number of halogens is 1. The molecule has 18 heavy (non-hydrogen) atoms. The molecule has 0 bridgehead atoms. The lowest BCUT2D eigenvalue weighted by atomic mass is 10.0. The standard InChI is InChI=1S/C12H12FNO4/c1-17-4-5-18-11-7-9(12(15)16)8(2-3-14)6-10(11)13/h6-7H,2,4-5H2,1H3,(H,15,16). The van der Waals surface area contributed by atoms with E-state index in [0.29, 0.717) is 0 Å². The number of hydrogen-bond donors (Lipinski definition) is 1. The number of carboxylic acid groups (broad SMARTS) is 1. The predicted octanol–water partition coefficient (Wildman–Crippen LogP) is 1.62. The molecule has 0 aliphatic rings. The molecule has 1 N–H and O–H groups in total. The molecule has 1 aromatic rings. The molecule has 0 atom stereocenters. The summed E-state index contributed by atoms with van der Waals surface area (Å²) in [7, 11) is 1.47. The molecule has 0 aliphatic heterocycles. The molecule has 0 aliphatic carbocycles. The van der Waals surface area contributed by atoms with Crippen LogP contribution in [-0.4, -0.2) is 31.4 Å². The van der Waals surface area contributed by atoms with Crippen molar-refractivity contribution < 1.29 is 23.8 Å². The zero-order valence-electron chi connectivity index (χ0n) is 9.77. The summed E-state index contributed by atoms with van der Waals surface area (Å²) in [6, 6.07) is 3.88. The summed E-state index contributed by atoms with van der Waals surface area (Å²) in [4.78, 5) is 11.0. The summed E-state index contributed by atoms with van der Waals surface area (Å²) in [6.45, 7) is 0.381. The van der Waals surface area contributed by atoms with Gasteiger partial charge in [0.15, 0.2) is 11.6 Å². The number of carboxylic acids is 1. The van der Waals surface area contributed by atoms with Crippen molar-refractivity contribution in [3.63, 3.8) is 0 Å². The maximum absolute atomic E-state index is 13.6. The first-order valence-electron chi connectivity index (χ1n) is 5.14. The maximum Gasteiger partial charge on any atom is 0.336 e. The summed E-state index contributed by atoms with van der Waals surface area (Å²) in [6.07, 6.45) is -0.170. The molecule has 0 radical (unpaired) electrons. The van der Waals surface area contributed by atoms with Crippen molar-refractivity contribution >= 4 is 5.97 Å². The molecule has 0 fully saturated rings. The molecule has 96 valence electrons. The van der Waals surface area contributed by atoms with Crippen molar-refractivity contribution in [2.75, 3.05) is 20.3 Å². The van der Waals surface area contributed by atoms with Gasteiger partial charge >= 0.3 is 5.97 Å². The second-order valence-corrected chi connectivity index (χ2v) is 3.42. The van der Waals surface area contributed by atoms with Gasteiger partial charge in [-0.15, -0.1) is 0 Å². The van der Waals surface area contributed by atoms with Crippen molar-refractivity contribution in [2.45, 2.75) is 6.42 Å². The van der Waals surface area contributed by atoms with Gasteiger partial charge < -0.3 is 14.6 Å². The van der Waals surface area contributed by atoms with Crippen LogP contribution >= 0.6 is 0 Å². The van der Waals surface area contributed by atoms with Crippen LogP contribution in [0.2, 0.25) is 0 Å². The molecule has 1 aromatic carbocycles. The Morgan fingerprint density at radius 2 is 2.22 bits per heavy atom. The van der Waals surface area contributed by atoms with Crippen LogP contribution in [0.5, 0.6) is 5.75 Å². The first-order chi connectivity index (χ1) is 8.60. The zero-order chi connectivity index (χ0) is 13.5.